The van der Waals surface area contributed by atoms with E-state index in [1.54, 1.807) is 0 Å². The van der Waals surface area contributed by atoms with Crippen LogP contribution in [-0.2, 0) is 28.6 Å². The summed E-state index contributed by atoms with van der Waals surface area (Å²) in [5.74, 6) is -0.848. The first-order valence-electron chi connectivity index (χ1n) is 33.0. The van der Waals surface area contributed by atoms with Gasteiger partial charge in [0.05, 0.1) is 0 Å². The monoisotopic (exact) mass is 1040 g/mol. The van der Waals surface area contributed by atoms with Crippen LogP contribution < -0.4 is 0 Å². The Morgan fingerprint density at radius 1 is 0.270 bits per heavy atom. The predicted octanol–water partition coefficient (Wildman–Crippen LogP) is 22.4. The highest BCUT2D eigenvalue weighted by Crippen LogP contribution is 2.17. The number of carbonyl (C=O) groups excluding carboxylic acids is 3. The fraction of sp³-hybridized carbons (Fsp3) is 0.868. The van der Waals surface area contributed by atoms with Crippen LogP contribution in [0.5, 0.6) is 0 Å². The van der Waals surface area contributed by atoms with Crippen LogP contribution in [0.3, 0.4) is 0 Å². The van der Waals surface area contributed by atoms with Crippen molar-refractivity contribution in [3.63, 3.8) is 0 Å². The van der Waals surface area contributed by atoms with E-state index >= 15 is 0 Å². The van der Waals surface area contributed by atoms with Crippen LogP contribution in [0.2, 0.25) is 0 Å². The largest absolute Gasteiger partial charge is 0.462 e. The molecule has 0 aromatic heterocycles. The molecule has 0 spiro atoms. The minimum atomic E-state index is -0.772. The molecule has 1 unspecified atom stereocenters. The molecule has 0 bridgehead atoms. The lowest BCUT2D eigenvalue weighted by Crippen LogP contribution is -2.30. The molecule has 1 atom stereocenters. The van der Waals surface area contributed by atoms with Gasteiger partial charge >= 0.3 is 17.9 Å². The van der Waals surface area contributed by atoms with Crippen LogP contribution >= 0.6 is 0 Å². The molecular formula is C68H126O6. The molecular weight excluding hydrogens is 913 g/mol. The molecule has 0 radical (unpaired) electrons. The predicted molar refractivity (Wildman–Crippen MR) is 321 cm³/mol. The van der Waals surface area contributed by atoms with E-state index < -0.39 is 6.10 Å². The second-order valence-corrected chi connectivity index (χ2v) is 22.4. The van der Waals surface area contributed by atoms with E-state index in [4.69, 9.17) is 14.2 Å². The van der Waals surface area contributed by atoms with Crippen molar-refractivity contribution >= 4 is 17.9 Å². The zero-order chi connectivity index (χ0) is 53.6. The average Bonchev–Trinajstić information content (AvgIpc) is 3.40. The molecule has 0 rings (SSSR count). The SMILES string of the molecule is CCCCCCC/C=C\C/C=C\CCCCCCCCCCCCCC(=O)OCC(COC(=O)CCCCCCCCCCCCCCCC)OC(=O)CCCCCCCCCCC/C=C\CCCCCCCC. The van der Waals surface area contributed by atoms with Crippen LogP contribution in [0, 0.1) is 0 Å². The van der Waals surface area contributed by atoms with Crippen molar-refractivity contribution < 1.29 is 28.6 Å². The summed E-state index contributed by atoms with van der Waals surface area (Å²) in [6.07, 6.45) is 77.2. The number of ether oxygens (including phenoxy) is 3. The van der Waals surface area contributed by atoms with E-state index in [0.29, 0.717) is 19.3 Å². The number of hydrogen-bond acceptors (Lipinski definition) is 6. The Balaban J connectivity index is 4.29. The smallest absolute Gasteiger partial charge is 0.306 e. The van der Waals surface area contributed by atoms with Gasteiger partial charge in [0, 0.05) is 19.3 Å². The first kappa shape index (κ1) is 71.6. The molecule has 0 aliphatic carbocycles. The Bertz CT molecular complexity index is 1240. The zero-order valence-electron chi connectivity index (χ0n) is 49.9. The van der Waals surface area contributed by atoms with Crippen molar-refractivity contribution in [2.24, 2.45) is 0 Å². The van der Waals surface area contributed by atoms with E-state index in [1.165, 1.54) is 257 Å². The molecule has 6 nitrogen and oxygen atoms in total. The second-order valence-electron chi connectivity index (χ2n) is 22.4. The van der Waals surface area contributed by atoms with Crippen LogP contribution in [-0.4, -0.2) is 37.2 Å². The summed E-state index contributed by atoms with van der Waals surface area (Å²) < 4.78 is 17.0. The van der Waals surface area contributed by atoms with Gasteiger partial charge in [-0.2, -0.15) is 0 Å². The molecule has 0 amide bonds. The average molecular weight is 1040 g/mol. The first-order valence-corrected chi connectivity index (χ1v) is 33.0. The molecule has 0 N–H and O–H groups in total. The quantitative estimate of drug-likeness (QED) is 0.0261. The maximum atomic E-state index is 12.9. The second kappa shape index (κ2) is 63.2. The summed E-state index contributed by atoms with van der Waals surface area (Å²) in [6.45, 7) is 6.68. The van der Waals surface area contributed by atoms with Gasteiger partial charge in [0.1, 0.15) is 13.2 Å². The van der Waals surface area contributed by atoms with Gasteiger partial charge < -0.3 is 14.2 Å². The summed E-state index contributed by atoms with van der Waals surface area (Å²) in [5, 5.41) is 0. The summed E-state index contributed by atoms with van der Waals surface area (Å²) in [6, 6.07) is 0. The molecule has 0 aromatic carbocycles. The van der Waals surface area contributed by atoms with Gasteiger partial charge in [-0.15, -0.1) is 0 Å². The third-order valence-electron chi connectivity index (χ3n) is 14.9. The fourth-order valence-corrected chi connectivity index (χ4v) is 9.88. The lowest BCUT2D eigenvalue weighted by atomic mass is 10.0. The van der Waals surface area contributed by atoms with E-state index in [1.807, 2.05) is 0 Å². The molecule has 0 aliphatic heterocycles. The standard InChI is InChI=1S/C68H126O6/c1-4-7-10-13-16-19-22-25-28-30-32-33-34-35-37-38-40-43-46-49-52-55-58-61-67(70)73-64-65(63-72-66(69)60-57-54-51-48-45-42-27-24-21-18-15-12-9-6-3)74-68(71)62-59-56-53-50-47-44-41-39-36-31-29-26-23-20-17-14-11-8-5-2/h22,25-26,29-30,32,65H,4-21,23-24,27-28,31,33-64H2,1-3H3/b25-22-,29-26-,32-30-. The van der Waals surface area contributed by atoms with E-state index in [9.17, 15) is 14.4 Å². The maximum Gasteiger partial charge on any atom is 0.306 e. The third kappa shape index (κ3) is 60.5. The van der Waals surface area contributed by atoms with Gasteiger partial charge in [-0.1, -0.05) is 301 Å². The molecule has 0 aliphatic rings. The number of esters is 3. The van der Waals surface area contributed by atoms with Crippen molar-refractivity contribution in [3.8, 4) is 0 Å². The molecule has 6 heteroatoms. The van der Waals surface area contributed by atoms with Gasteiger partial charge in [-0.25, -0.2) is 0 Å². The van der Waals surface area contributed by atoms with Gasteiger partial charge in [0.15, 0.2) is 6.10 Å². The number of unbranched alkanes of at least 4 members (excludes halogenated alkanes) is 44. The summed E-state index contributed by atoms with van der Waals surface area (Å²) in [7, 11) is 0. The van der Waals surface area contributed by atoms with E-state index in [0.717, 1.165) is 64.2 Å². The van der Waals surface area contributed by atoms with E-state index in [-0.39, 0.29) is 31.1 Å². The van der Waals surface area contributed by atoms with Crippen molar-refractivity contribution in [3.05, 3.63) is 36.5 Å². The fourth-order valence-electron chi connectivity index (χ4n) is 9.88. The Hall–Kier alpha value is -2.37. The molecule has 0 saturated carbocycles. The van der Waals surface area contributed by atoms with Crippen LogP contribution in [0.15, 0.2) is 36.5 Å². The maximum absolute atomic E-state index is 12.9. The van der Waals surface area contributed by atoms with Crippen molar-refractivity contribution in [2.75, 3.05) is 13.2 Å². The topological polar surface area (TPSA) is 78.9 Å². The number of rotatable bonds is 61. The normalized spacial score (nSPS) is 12.2. The number of allylic oxidation sites excluding steroid dienone is 6. The van der Waals surface area contributed by atoms with Crippen LogP contribution in [0.25, 0.3) is 0 Å². The molecule has 0 saturated heterocycles. The van der Waals surface area contributed by atoms with Gasteiger partial charge in [-0.05, 0) is 77.0 Å². The molecule has 0 aromatic rings. The summed E-state index contributed by atoms with van der Waals surface area (Å²) in [4.78, 5) is 38.3. The third-order valence-corrected chi connectivity index (χ3v) is 14.9. The highest BCUT2D eigenvalue weighted by Gasteiger charge is 2.19. The van der Waals surface area contributed by atoms with Gasteiger partial charge in [0.25, 0.3) is 0 Å². The molecule has 0 fully saturated rings. The van der Waals surface area contributed by atoms with E-state index in [2.05, 4.69) is 57.2 Å². The Morgan fingerprint density at radius 3 is 0.757 bits per heavy atom. The minimum Gasteiger partial charge on any atom is -0.462 e. The lowest BCUT2D eigenvalue weighted by molar-refractivity contribution is -0.167. The Labute approximate surface area is 461 Å². The number of carbonyl (C=O) groups is 3. The Kier molecular flexibility index (Phi) is 61.1. The van der Waals surface area contributed by atoms with Crippen molar-refractivity contribution in [1.82, 2.24) is 0 Å². The first-order chi connectivity index (χ1) is 36.5. The van der Waals surface area contributed by atoms with Crippen LogP contribution in [0.4, 0.5) is 0 Å². The highest BCUT2D eigenvalue weighted by molar-refractivity contribution is 5.71. The zero-order valence-corrected chi connectivity index (χ0v) is 49.9. The van der Waals surface area contributed by atoms with Crippen molar-refractivity contribution in [1.29, 1.82) is 0 Å². The summed E-state index contributed by atoms with van der Waals surface area (Å²) >= 11 is 0. The molecule has 434 valence electrons. The molecule has 0 heterocycles. The lowest BCUT2D eigenvalue weighted by Gasteiger charge is -2.18. The minimum absolute atomic E-state index is 0.0687. The van der Waals surface area contributed by atoms with Crippen molar-refractivity contribution in [2.45, 2.75) is 367 Å². The molecule has 74 heavy (non-hydrogen) atoms. The Morgan fingerprint density at radius 2 is 0.486 bits per heavy atom. The summed E-state index contributed by atoms with van der Waals surface area (Å²) in [5.41, 5.74) is 0. The number of hydrogen-bond donors (Lipinski definition) is 0. The van der Waals surface area contributed by atoms with Crippen LogP contribution in [0.1, 0.15) is 361 Å². The van der Waals surface area contributed by atoms with Gasteiger partial charge in [-0.3, -0.25) is 14.4 Å². The highest BCUT2D eigenvalue weighted by atomic mass is 16.6. The van der Waals surface area contributed by atoms with Gasteiger partial charge in [0.2, 0.25) is 0 Å².